The Morgan fingerprint density at radius 3 is 2.62 bits per heavy atom. The molecule has 1 spiro atoms. The van der Waals surface area contributed by atoms with E-state index in [-0.39, 0.29) is 36.4 Å². The van der Waals surface area contributed by atoms with E-state index in [1.807, 2.05) is 38.6 Å². The van der Waals surface area contributed by atoms with Gasteiger partial charge >= 0.3 is 6.09 Å². The van der Waals surface area contributed by atoms with Gasteiger partial charge in [0.2, 0.25) is 11.8 Å². The second-order valence-corrected chi connectivity index (χ2v) is 9.44. The van der Waals surface area contributed by atoms with Crippen LogP contribution in [0.1, 0.15) is 25.7 Å². The molecule has 3 saturated heterocycles. The van der Waals surface area contributed by atoms with E-state index < -0.39 is 5.60 Å². The van der Waals surface area contributed by atoms with Gasteiger partial charge < -0.3 is 19.1 Å². The molecular weight excluding hydrogens is 410 g/mol. The van der Waals surface area contributed by atoms with Gasteiger partial charge in [0, 0.05) is 51.5 Å². The average molecular weight is 438 g/mol. The quantitative estimate of drug-likeness (QED) is 0.726. The molecule has 1 aromatic heterocycles. The van der Waals surface area contributed by atoms with Crippen molar-refractivity contribution in [1.29, 1.82) is 0 Å². The number of hydrogen-bond acceptors (Lipinski definition) is 5. The van der Waals surface area contributed by atoms with Gasteiger partial charge in [-0.3, -0.25) is 14.5 Å². The number of aromatic nitrogens is 2. The minimum absolute atomic E-state index is 0.0173. The Balaban J connectivity index is 1.16. The molecule has 1 aromatic carbocycles. The number of rotatable bonds is 3. The zero-order valence-electron chi connectivity index (χ0n) is 18.0. The molecule has 1 atom stereocenters. The first-order valence-electron chi connectivity index (χ1n) is 11.5. The molecule has 1 unspecified atom stereocenters. The molecule has 3 aliphatic heterocycles. The van der Waals surface area contributed by atoms with Gasteiger partial charge in [0.15, 0.2) is 0 Å². The molecule has 168 valence electrons. The largest absolute Gasteiger partial charge is 0.440 e. The summed E-state index contributed by atoms with van der Waals surface area (Å²) >= 11 is 0. The molecular formula is C23H27N5O4. The third kappa shape index (κ3) is 3.13. The van der Waals surface area contributed by atoms with Gasteiger partial charge in [-0.25, -0.2) is 9.78 Å². The number of carbonyl (C=O) groups is 3. The van der Waals surface area contributed by atoms with E-state index in [0.717, 1.165) is 23.9 Å². The van der Waals surface area contributed by atoms with Crippen molar-refractivity contribution in [2.75, 3.05) is 32.7 Å². The predicted octanol–water partition coefficient (Wildman–Crippen LogP) is 1.47. The van der Waals surface area contributed by atoms with Gasteiger partial charge in [-0.05, 0) is 25.0 Å². The lowest BCUT2D eigenvalue weighted by Gasteiger charge is -2.45. The van der Waals surface area contributed by atoms with Crippen LogP contribution in [0.3, 0.4) is 0 Å². The molecule has 1 aliphatic carbocycles. The number of fused-ring (bicyclic) bond motifs is 3. The van der Waals surface area contributed by atoms with Crippen molar-refractivity contribution in [3.05, 3.63) is 30.6 Å². The molecule has 4 aliphatic rings. The summed E-state index contributed by atoms with van der Waals surface area (Å²) < 4.78 is 7.80. The van der Waals surface area contributed by atoms with Crippen molar-refractivity contribution in [2.45, 2.75) is 43.9 Å². The van der Waals surface area contributed by atoms with Crippen molar-refractivity contribution >= 4 is 28.9 Å². The molecule has 6 rings (SSSR count). The van der Waals surface area contributed by atoms with Crippen molar-refractivity contribution in [3.8, 4) is 0 Å². The number of ether oxygens (including phenoxy) is 1. The summed E-state index contributed by atoms with van der Waals surface area (Å²) in [5.41, 5.74) is 1.19. The minimum Gasteiger partial charge on any atom is -0.440 e. The van der Waals surface area contributed by atoms with Crippen LogP contribution < -0.4 is 0 Å². The number of para-hydroxylation sites is 2. The van der Waals surface area contributed by atoms with Crippen molar-refractivity contribution in [1.82, 2.24) is 24.3 Å². The Kier molecular flexibility index (Phi) is 4.41. The van der Waals surface area contributed by atoms with Crippen LogP contribution in [0.25, 0.3) is 11.0 Å². The SMILES string of the molecule is O=C(Cn1cnc2ccccc21)N1CCN2C(=O)OC3(CCN(C(=O)C4CC4)CC3)C2C1. The molecule has 0 N–H and O–H groups in total. The number of benzene rings is 1. The first-order valence-corrected chi connectivity index (χ1v) is 11.5. The van der Waals surface area contributed by atoms with Crippen molar-refractivity contribution in [3.63, 3.8) is 0 Å². The number of piperidine rings is 1. The maximum Gasteiger partial charge on any atom is 0.410 e. The monoisotopic (exact) mass is 437 g/mol. The van der Waals surface area contributed by atoms with E-state index in [1.54, 1.807) is 11.2 Å². The van der Waals surface area contributed by atoms with Gasteiger partial charge in [0.1, 0.15) is 12.1 Å². The summed E-state index contributed by atoms with van der Waals surface area (Å²) in [6, 6.07) is 7.60. The van der Waals surface area contributed by atoms with Gasteiger partial charge in [-0.1, -0.05) is 12.1 Å². The van der Waals surface area contributed by atoms with Crippen LogP contribution in [0, 0.1) is 5.92 Å². The molecule has 32 heavy (non-hydrogen) atoms. The van der Waals surface area contributed by atoms with Crippen LogP contribution in [0.2, 0.25) is 0 Å². The second-order valence-electron chi connectivity index (χ2n) is 9.44. The summed E-state index contributed by atoms with van der Waals surface area (Å²) in [6.07, 6.45) is 4.67. The molecule has 4 heterocycles. The topological polar surface area (TPSA) is 88.0 Å². The highest BCUT2D eigenvalue weighted by Crippen LogP contribution is 2.41. The lowest BCUT2D eigenvalue weighted by Crippen LogP contribution is -2.61. The molecule has 3 amide bonds. The number of carbonyl (C=O) groups excluding carboxylic acids is 3. The molecule has 9 nitrogen and oxygen atoms in total. The number of imidazole rings is 1. The van der Waals surface area contributed by atoms with Crippen molar-refractivity contribution in [2.24, 2.45) is 5.92 Å². The van der Waals surface area contributed by atoms with Crippen LogP contribution in [0.4, 0.5) is 4.79 Å². The smallest absolute Gasteiger partial charge is 0.410 e. The molecule has 0 bridgehead atoms. The average Bonchev–Trinajstić information content (AvgIpc) is 3.54. The number of nitrogens with zero attached hydrogens (tertiary/aromatic N) is 5. The van der Waals surface area contributed by atoms with E-state index in [9.17, 15) is 14.4 Å². The highest BCUT2D eigenvalue weighted by Gasteiger charge is 2.57. The molecule has 0 radical (unpaired) electrons. The van der Waals surface area contributed by atoms with Gasteiger partial charge in [-0.15, -0.1) is 0 Å². The first-order chi connectivity index (χ1) is 15.5. The molecule has 9 heteroatoms. The Labute approximate surface area is 185 Å². The fraction of sp³-hybridized carbons (Fsp3) is 0.565. The predicted molar refractivity (Wildman–Crippen MR) is 115 cm³/mol. The Bertz CT molecular complexity index is 1080. The first kappa shape index (κ1) is 19.6. The summed E-state index contributed by atoms with van der Waals surface area (Å²) in [7, 11) is 0. The van der Waals surface area contributed by atoms with Gasteiger partial charge in [0.05, 0.1) is 23.4 Å². The summed E-state index contributed by atoms with van der Waals surface area (Å²) in [6.45, 7) is 2.89. The third-order valence-corrected chi connectivity index (χ3v) is 7.55. The summed E-state index contributed by atoms with van der Waals surface area (Å²) in [5, 5.41) is 0. The standard InChI is InChI=1S/C23H27N5O4/c29-20(14-27-15-24-17-3-1-2-4-18(17)27)26-11-12-28-19(13-26)23(32-22(28)31)7-9-25(10-8-23)21(30)16-5-6-16/h1-4,15-16,19H,5-14H2. The molecule has 4 fully saturated rings. The van der Waals surface area contributed by atoms with E-state index in [4.69, 9.17) is 4.74 Å². The zero-order chi connectivity index (χ0) is 21.9. The van der Waals surface area contributed by atoms with Gasteiger partial charge in [0.25, 0.3) is 0 Å². The van der Waals surface area contributed by atoms with Crippen LogP contribution in [-0.4, -0.2) is 86.5 Å². The highest BCUT2D eigenvalue weighted by molar-refractivity contribution is 5.82. The Morgan fingerprint density at radius 2 is 1.84 bits per heavy atom. The zero-order valence-corrected chi connectivity index (χ0v) is 18.0. The molecule has 1 saturated carbocycles. The van der Waals surface area contributed by atoms with E-state index in [2.05, 4.69) is 4.98 Å². The fourth-order valence-electron chi connectivity index (χ4n) is 5.49. The summed E-state index contributed by atoms with van der Waals surface area (Å²) in [5.74, 6) is 0.464. The maximum absolute atomic E-state index is 13.2. The minimum atomic E-state index is -0.613. The lowest BCUT2D eigenvalue weighted by molar-refractivity contribution is -0.138. The van der Waals surface area contributed by atoms with E-state index in [0.29, 0.717) is 45.6 Å². The van der Waals surface area contributed by atoms with Crippen molar-refractivity contribution < 1.29 is 19.1 Å². The van der Waals surface area contributed by atoms with E-state index >= 15 is 0 Å². The fourth-order valence-corrected chi connectivity index (χ4v) is 5.49. The normalized spacial score (nSPS) is 24.7. The summed E-state index contributed by atoms with van der Waals surface area (Å²) in [4.78, 5) is 48.1. The van der Waals surface area contributed by atoms with Gasteiger partial charge in [-0.2, -0.15) is 0 Å². The van der Waals surface area contributed by atoms with E-state index in [1.165, 1.54) is 0 Å². The van der Waals surface area contributed by atoms with Crippen LogP contribution >= 0.6 is 0 Å². The van der Waals surface area contributed by atoms with Crippen LogP contribution in [0.5, 0.6) is 0 Å². The number of piperazine rings is 1. The maximum atomic E-state index is 13.2. The number of hydrogen-bond donors (Lipinski definition) is 0. The van der Waals surface area contributed by atoms with Crippen LogP contribution in [-0.2, 0) is 20.9 Å². The Morgan fingerprint density at radius 1 is 1.06 bits per heavy atom. The number of likely N-dealkylation sites (tertiary alicyclic amines) is 1. The number of amides is 3. The highest BCUT2D eigenvalue weighted by atomic mass is 16.6. The van der Waals surface area contributed by atoms with Crippen LogP contribution in [0.15, 0.2) is 30.6 Å². The molecule has 2 aromatic rings. The second kappa shape index (κ2) is 7.21. The lowest BCUT2D eigenvalue weighted by atomic mass is 9.83. The third-order valence-electron chi connectivity index (χ3n) is 7.55. The Hall–Kier alpha value is -3.10.